The molecule has 0 bridgehead atoms. The van der Waals surface area contributed by atoms with Gasteiger partial charge in [0, 0.05) is 0 Å². The van der Waals surface area contributed by atoms with Gasteiger partial charge in [0.2, 0.25) is 0 Å². The molecule has 0 saturated carbocycles. The third-order valence-electron chi connectivity index (χ3n) is 0. The van der Waals surface area contributed by atoms with E-state index >= 15 is 0 Å². The van der Waals surface area contributed by atoms with Gasteiger partial charge in [-0.15, -0.1) is 0 Å². The van der Waals surface area contributed by atoms with Crippen LogP contribution in [0, 0.1) is 62.6 Å². The van der Waals surface area contributed by atoms with Crippen molar-refractivity contribution in [1.82, 2.24) is 0 Å². The van der Waals surface area contributed by atoms with Crippen LogP contribution in [0.2, 0.25) is 0 Å². The summed E-state index contributed by atoms with van der Waals surface area (Å²) < 4.78 is 0. The van der Waals surface area contributed by atoms with Crippen LogP contribution >= 0.6 is 0 Å². The number of hydrogen-bond acceptors (Lipinski definition) is 0. The molecule has 0 aliphatic rings. The number of rotatable bonds is 0. The molecular weight excluding hydrogens is 192 g/mol. The zero-order valence-corrected chi connectivity index (χ0v) is 7.42. The minimum absolute atomic E-state index is 0. The Morgan fingerprint density at radius 3 is 1.00 bits per heavy atom. The zero-order valence-electron chi connectivity index (χ0n) is 4.21. The molecule has 0 atom stereocenters. The quantitative estimate of drug-likeness (QED) is 0.526. The Balaban J connectivity index is -0.00000000167. The first-order valence-electron chi connectivity index (χ1n) is 0.707. The molecule has 0 aliphatic carbocycles. The van der Waals surface area contributed by atoms with Crippen molar-refractivity contribution < 1.29 is 40.8 Å². The average molecular weight is 203 g/mol. The Morgan fingerprint density at radius 2 is 1.00 bits per heavy atom. The predicted octanol–water partition coefficient (Wildman–Crippen LogP) is 1.74. The Kier molecular flexibility index (Phi) is 365. The van der Waals surface area contributed by atoms with Gasteiger partial charge in [0.1, 0.15) is 0 Å². The van der Waals surface area contributed by atoms with Gasteiger partial charge in [-0.05, 0) is 0 Å². The normalized spacial score (nSPS) is 1.20. The van der Waals surface area contributed by atoms with E-state index in [1.54, 1.807) is 6.92 Å². The van der Waals surface area contributed by atoms with E-state index in [4.69, 9.17) is 0 Å². The molecule has 0 heterocycles. The van der Waals surface area contributed by atoms with E-state index in [-0.39, 0.29) is 55.7 Å². The van der Waals surface area contributed by atoms with Gasteiger partial charge in [0.15, 0.2) is 0 Å². The molecule has 31 valence electrons. The summed E-state index contributed by atoms with van der Waals surface area (Å²) in [5, 5.41) is 0. The van der Waals surface area contributed by atoms with E-state index in [1.807, 2.05) is 0 Å². The van der Waals surface area contributed by atoms with Gasteiger partial charge in [-0.3, -0.25) is 0 Å². The van der Waals surface area contributed by atoms with Gasteiger partial charge in [-0.25, -0.2) is 0 Å². The van der Waals surface area contributed by atoms with E-state index in [0.717, 1.165) is 0 Å². The van der Waals surface area contributed by atoms with Crippen molar-refractivity contribution >= 4 is 0 Å². The smallest absolute Gasteiger partial charge is 0.358 e. The first-order chi connectivity index (χ1) is 1.00. The van der Waals surface area contributed by atoms with Crippen molar-refractivity contribution in [2.75, 3.05) is 0 Å². The molecule has 0 spiro atoms. The van der Waals surface area contributed by atoms with Crippen LogP contribution in [0.15, 0.2) is 0 Å². The van der Waals surface area contributed by atoms with Crippen molar-refractivity contribution in [1.29, 1.82) is 0 Å². The van der Waals surface area contributed by atoms with Gasteiger partial charge in [-0.2, -0.15) is 6.92 Å². The van der Waals surface area contributed by atoms with E-state index < -0.39 is 0 Å². The van der Waals surface area contributed by atoms with Crippen molar-refractivity contribution in [3.63, 3.8) is 0 Å². The largest absolute Gasteiger partial charge is 3.00 e. The van der Waals surface area contributed by atoms with Gasteiger partial charge in [0.05, 0.1) is 0 Å². The van der Waals surface area contributed by atoms with E-state index in [2.05, 4.69) is 6.92 Å². The number of hydrogen-bond donors (Lipinski definition) is 0. The molecule has 0 nitrogen and oxygen atoms in total. The summed E-state index contributed by atoms with van der Waals surface area (Å²) in [7, 11) is 0. The monoisotopic (exact) mass is 201 g/mol. The van der Waals surface area contributed by atoms with Crippen molar-refractivity contribution in [2.24, 2.45) is 0 Å². The van der Waals surface area contributed by atoms with Gasteiger partial charge in [-0.1, -0.05) is 0 Å². The Bertz CT molecular complexity index is 3.61. The fourth-order valence-corrected chi connectivity index (χ4v) is 0. The molecule has 0 aromatic heterocycles. The van der Waals surface area contributed by atoms with Crippen molar-refractivity contribution in [2.45, 2.75) is 6.92 Å². The molecule has 0 aliphatic heterocycles. The summed E-state index contributed by atoms with van der Waals surface area (Å²) in [4.78, 5) is 0. The summed E-state index contributed by atoms with van der Waals surface area (Å²) >= 11 is 0. The maximum absolute atomic E-state index is 3.25. The topological polar surface area (TPSA) is 0 Å². The van der Waals surface area contributed by atoms with Crippen LogP contribution in [0.1, 0.15) is 6.92 Å². The molecule has 0 unspecified atom stereocenters. The maximum Gasteiger partial charge on any atom is 3.00 e. The summed E-state index contributed by atoms with van der Waals surface area (Å²) in [6, 6.07) is 0. The maximum atomic E-state index is 3.25. The third kappa shape index (κ3) is 32.9. The van der Waals surface area contributed by atoms with Crippen LogP contribution in [-0.2, 0) is 0 Å². The molecule has 0 fully saturated rings. The molecule has 0 saturated heterocycles. The molecule has 0 aromatic carbocycles. The van der Waals surface area contributed by atoms with Crippen LogP contribution < -0.4 is 0 Å². The second kappa shape index (κ2) is 55.5. The first kappa shape index (κ1) is 32.9. The molecular formula is C4H11Nd. The summed E-state index contributed by atoms with van der Waals surface area (Å²) in [5.74, 6) is 0. The Labute approximate surface area is 68.9 Å². The summed E-state index contributed by atoms with van der Waals surface area (Å²) in [5.41, 5.74) is 0. The molecule has 0 aromatic rings. The van der Waals surface area contributed by atoms with E-state index in [1.165, 1.54) is 0 Å². The van der Waals surface area contributed by atoms with Crippen molar-refractivity contribution in [3.05, 3.63) is 21.8 Å². The minimum atomic E-state index is 0. The summed E-state index contributed by atoms with van der Waals surface area (Å²) in [6.07, 6.45) is 0. The van der Waals surface area contributed by atoms with Crippen LogP contribution in [0.5, 0.6) is 0 Å². The van der Waals surface area contributed by atoms with Crippen LogP contribution in [0.25, 0.3) is 0 Å². The molecule has 0 N–H and O–H groups in total. The van der Waals surface area contributed by atoms with Crippen molar-refractivity contribution in [3.8, 4) is 0 Å². The zero-order chi connectivity index (χ0) is 2.00. The molecule has 1 radical (unpaired) electrons. The second-order valence-electron chi connectivity index (χ2n) is 0. The molecule has 0 rings (SSSR count). The molecule has 5 heavy (non-hydrogen) atoms. The van der Waals surface area contributed by atoms with Crippen LogP contribution in [0.3, 0.4) is 0 Å². The van der Waals surface area contributed by atoms with E-state index in [0.29, 0.717) is 0 Å². The molecule has 0 amide bonds. The van der Waals surface area contributed by atoms with E-state index in [9.17, 15) is 0 Å². The second-order valence-corrected chi connectivity index (χ2v) is 0. The van der Waals surface area contributed by atoms with Crippen LogP contribution in [0.4, 0.5) is 0 Å². The van der Waals surface area contributed by atoms with Gasteiger partial charge >= 0.3 is 40.8 Å². The van der Waals surface area contributed by atoms with Gasteiger partial charge in [0.25, 0.3) is 0 Å². The SMILES string of the molecule is [CH2-]C.[CH3-].[CH3-].[Nd+3]. The molecule has 1 heteroatoms. The average Bonchev–Trinajstić information content (AvgIpc) is 1.00. The fraction of sp³-hybridized carbons (Fsp3) is 0.250. The Hall–Kier alpha value is 1.35. The third-order valence-corrected chi connectivity index (χ3v) is 0. The fourth-order valence-electron chi connectivity index (χ4n) is 0. The van der Waals surface area contributed by atoms with Gasteiger partial charge < -0.3 is 21.8 Å². The standard InChI is InChI=1S/C2H5.2CH3.Nd/c1-2;;;/h1H2,2H3;2*1H3;/q3*-1;+3. The summed E-state index contributed by atoms with van der Waals surface area (Å²) in [6.45, 7) is 5.00. The Morgan fingerprint density at radius 1 is 1.00 bits per heavy atom. The minimum Gasteiger partial charge on any atom is -0.358 e. The first-order valence-corrected chi connectivity index (χ1v) is 0.707. The van der Waals surface area contributed by atoms with Crippen LogP contribution in [-0.4, -0.2) is 0 Å². The predicted molar refractivity (Wildman–Crippen MR) is 23.9 cm³/mol.